The lowest BCUT2D eigenvalue weighted by atomic mass is 10.1. The van der Waals surface area contributed by atoms with Crippen molar-refractivity contribution < 1.29 is 18.0 Å². The van der Waals surface area contributed by atoms with Crippen molar-refractivity contribution in [1.29, 1.82) is 0 Å². The van der Waals surface area contributed by atoms with Gasteiger partial charge in [0, 0.05) is 25.7 Å². The van der Waals surface area contributed by atoms with Crippen LogP contribution >= 0.6 is 0 Å². The highest BCUT2D eigenvalue weighted by Crippen LogP contribution is 2.33. The van der Waals surface area contributed by atoms with E-state index in [1.54, 1.807) is 6.92 Å². The lowest BCUT2D eigenvalue weighted by Gasteiger charge is -2.22. The summed E-state index contributed by atoms with van der Waals surface area (Å²) in [6.07, 6.45) is -3.56. The molecular weight excluding hydrogens is 297 g/mol. The van der Waals surface area contributed by atoms with E-state index in [9.17, 15) is 18.0 Å². The molecule has 1 aliphatic rings. The molecule has 0 bridgehead atoms. The number of hydrogen-bond donors (Lipinski definition) is 0. The highest BCUT2D eigenvalue weighted by Gasteiger charge is 2.42. The summed E-state index contributed by atoms with van der Waals surface area (Å²) in [7, 11) is 3.82. The molecule has 1 aromatic rings. The Morgan fingerprint density at radius 3 is 2.50 bits per heavy atom. The summed E-state index contributed by atoms with van der Waals surface area (Å²) < 4.78 is 40.5. The highest BCUT2D eigenvalue weighted by atomic mass is 19.4. The number of alkyl halides is 3. The van der Waals surface area contributed by atoms with Crippen LogP contribution in [0.1, 0.15) is 29.9 Å². The second-order valence-corrected chi connectivity index (χ2v) is 5.94. The lowest BCUT2D eigenvalue weighted by Crippen LogP contribution is -2.36. The van der Waals surface area contributed by atoms with Crippen molar-refractivity contribution in [3.05, 3.63) is 17.5 Å². The molecule has 0 saturated carbocycles. The maximum absolute atomic E-state index is 13.2. The Kier molecular flexibility index (Phi) is 4.51. The number of nitrogens with zero attached hydrogens (tertiary/aromatic N) is 4. The molecule has 2 heterocycles. The monoisotopic (exact) mass is 318 g/mol. The molecule has 124 valence electrons. The molecule has 0 aromatic carbocycles. The third-order valence-electron chi connectivity index (χ3n) is 4.16. The van der Waals surface area contributed by atoms with Gasteiger partial charge in [0.2, 0.25) is 0 Å². The second-order valence-electron chi connectivity index (χ2n) is 5.94. The summed E-state index contributed by atoms with van der Waals surface area (Å²) in [5.74, 6) is -0.377. The van der Waals surface area contributed by atoms with Crippen molar-refractivity contribution in [3.8, 4) is 0 Å². The van der Waals surface area contributed by atoms with E-state index in [0.29, 0.717) is 13.1 Å². The molecule has 22 heavy (non-hydrogen) atoms. The van der Waals surface area contributed by atoms with E-state index in [2.05, 4.69) is 5.10 Å². The third kappa shape index (κ3) is 2.97. The molecule has 1 amide bonds. The van der Waals surface area contributed by atoms with Gasteiger partial charge in [0.15, 0.2) is 5.69 Å². The number of halogens is 3. The van der Waals surface area contributed by atoms with E-state index < -0.39 is 17.8 Å². The number of aryl methyl sites for hydroxylation is 1. The van der Waals surface area contributed by atoms with Crippen LogP contribution in [0, 0.1) is 5.92 Å². The molecule has 0 N–H and O–H groups in total. The van der Waals surface area contributed by atoms with Crippen LogP contribution in [0.5, 0.6) is 0 Å². The predicted octanol–water partition coefficient (Wildman–Crippen LogP) is 1.94. The molecule has 0 aliphatic carbocycles. The van der Waals surface area contributed by atoms with Crippen LogP contribution in [0.2, 0.25) is 0 Å². The quantitative estimate of drug-likeness (QED) is 0.855. The minimum absolute atomic E-state index is 0.0683. The maximum Gasteiger partial charge on any atom is 0.433 e. The van der Waals surface area contributed by atoms with E-state index >= 15 is 0 Å². The fraction of sp³-hybridized carbons (Fsp3) is 0.714. The number of hydrogen-bond acceptors (Lipinski definition) is 3. The number of likely N-dealkylation sites (N-methyl/N-ethyl adjacent to an activating group) is 1. The van der Waals surface area contributed by atoms with Crippen molar-refractivity contribution in [2.45, 2.75) is 32.6 Å². The summed E-state index contributed by atoms with van der Waals surface area (Å²) in [6.45, 7) is 4.52. The number of amides is 1. The standard InChI is InChI=1S/C14H21F3N4O/c1-5-21-12(14(15,16)17)10(6-18-21)13(22)20-7-9(2)11(8-20)19(3)4/h6,9,11H,5,7-8H2,1-4H3/t9-,11-/m1/s1. The van der Waals surface area contributed by atoms with E-state index in [1.807, 2.05) is 25.9 Å². The normalized spacial score (nSPS) is 22.6. The first-order chi connectivity index (χ1) is 10.2. The Balaban J connectivity index is 2.30. The van der Waals surface area contributed by atoms with Gasteiger partial charge < -0.3 is 9.80 Å². The number of carbonyl (C=O) groups excluding carboxylic acids is 1. The van der Waals surface area contributed by atoms with E-state index in [1.165, 1.54) is 4.90 Å². The Labute approximate surface area is 127 Å². The van der Waals surface area contributed by atoms with Gasteiger partial charge >= 0.3 is 6.18 Å². The van der Waals surface area contributed by atoms with Crippen LogP contribution < -0.4 is 0 Å². The average molecular weight is 318 g/mol. The fourth-order valence-corrected chi connectivity index (χ4v) is 3.04. The smallest absolute Gasteiger partial charge is 0.337 e. The Hall–Kier alpha value is -1.57. The summed E-state index contributed by atoms with van der Waals surface area (Å²) in [5, 5.41) is 3.71. The topological polar surface area (TPSA) is 41.4 Å². The van der Waals surface area contributed by atoms with Gasteiger partial charge in [0.05, 0.1) is 11.8 Å². The lowest BCUT2D eigenvalue weighted by molar-refractivity contribution is -0.144. The molecule has 1 aromatic heterocycles. The first-order valence-electron chi connectivity index (χ1n) is 7.25. The highest BCUT2D eigenvalue weighted by molar-refractivity contribution is 5.95. The van der Waals surface area contributed by atoms with Crippen LogP contribution in [0.4, 0.5) is 13.2 Å². The summed E-state index contributed by atoms with van der Waals surface area (Å²) in [5.41, 5.74) is -1.32. The van der Waals surface area contributed by atoms with Gasteiger partial charge in [-0.2, -0.15) is 18.3 Å². The SMILES string of the molecule is CCn1ncc(C(=O)N2C[C@@H](C)[C@H](N(C)C)C2)c1C(F)(F)F. The summed E-state index contributed by atoms with van der Waals surface area (Å²) in [4.78, 5) is 16.0. The van der Waals surface area contributed by atoms with Crippen molar-refractivity contribution in [3.63, 3.8) is 0 Å². The largest absolute Gasteiger partial charge is 0.433 e. The molecule has 0 unspecified atom stereocenters. The molecule has 2 atom stereocenters. The minimum atomic E-state index is -4.59. The van der Waals surface area contributed by atoms with E-state index in [4.69, 9.17) is 0 Å². The molecule has 0 spiro atoms. The zero-order valence-electron chi connectivity index (χ0n) is 13.2. The van der Waals surface area contributed by atoms with E-state index in [0.717, 1.165) is 10.9 Å². The molecule has 1 aliphatic heterocycles. The van der Waals surface area contributed by atoms with Gasteiger partial charge in [0.1, 0.15) is 0 Å². The molecule has 1 fully saturated rings. The number of rotatable bonds is 3. The first kappa shape index (κ1) is 16.8. The zero-order valence-corrected chi connectivity index (χ0v) is 13.2. The fourth-order valence-electron chi connectivity index (χ4n) is 3.04. The van der Waals surface area contributed by atoms with Crippen molar-refractivity contribution in [2.24, 2.45) is 5.92 Å². The molecule has 0 radical (unpaired) electrons. The van der Waals surface area contributed by atoms with Crippen molar-refractivity contribution >= 4 is 5.91 Å². The Morgan fingerprint density at radius 2 is 2.05 bits per heavy atom. The predicted molar refractivity (Wildman–Crippen MR) is 75.4 cm³/mol. The molecular formula is C14H21F3N4O. The van der Waals surface area contributed by atoms with Crippen LogP contribution in [0.15, 0.2) is 6.20 Å². The van der Waals surface area contributed by atoms with Crippen molar-refractivity contribution in [1.82, 2.24) is 19.6 Å². The number of carbonyl (C=O) groups is 1. The molecule has 1 saturated heterocycles. The zero-order chi connectivity index (χ0) is 16.7. The van der Waals surface area contributed by atoms with Gasteiger partial charge in [-0.25, -0.2) is 0 Å². The molecule has 8 heteroatoms. The third-order valence-corrected chi connectivity index (χ3v) is 4.16. The summed E-state index contributed by atoms with van der Waals surface area (Å²) >= 11 is 0. The minimum Gasteiger partial charge on any atom is -0.337 e. The first-order valence-corrected chi connectivity index (χ1v) is 7.25. The van der Waals surface area contributed by atoms with Gasteiger partial charge in [-0.3, -0.25) is 9.48 Å². The van der Waals surface area contributed by atoms with Gasteiger partial charge in [-0.1, -0.05) is 6.92 Å². The second kappa shape index (κ2) is 5.91. The number of aromatic nitrogens is 2. The Morgan fingerprint density at radius 1 is 1.41 bits per heavy atom. The van der Waals surface area contributed by atoms with E-state index in [-0.39, 0.29) is 24.1 Å². The van der Waals surface area contributed by atoms with Crippen LogP contribution in [0.3, 0.4) is 0 Å². The van der Waals surface area contributed by atoms with Gasteiger partial charge in [-0.05, 0) is 26.9 Å². The van der Waals surface area contributed by atoms with Gasteiger partial charge in [0.25, 0.3) is 5.91 Å². The van der Waals surface area contributed by atoms with Crippen LogP contribution in [-0.4, -0.2) is 58.7 Å². The maximum atomic E-state index is 13.2. The molecule has 5 nitrogen and oxygen atoms in total. The number of likely N-dealkylation sites (tertiary alicyclic amines) is 1. The Bertz CT molecular complexity index is 553. The van der Waals surface area contributed by atoms with Crippen molar-refractivity contribution in [2.75, 3.05) is 27.2 Å². The van der Waals surface area contributed by atoms with Crippen LogP contribution in [-0.2, 0) is 12.7 Å². The summed E-state index contributed by atoms with van der Waals surface area (Å²) in [6, 6.07) is 0.152. The average Bonchev–Trinajstić information content (AvgIpc) is 3.00. The van der Waals surface area contributed by atoms with Crippen LogP contribution in [0.25, 0.3) is 0 Å². The molecule has 2 rings (SSSR count). The van der Waals surface area contributed by atoms with Gasteiger partial charge in [-0.15, -0.1) is 0 Å².